The van der Waals surface area contributed by atoms with Crippen LogP contribution in [0.1, 0.15) is 5.56 Å². The topological polar surface area (TPSA) is 26.3 Å². The average molecular weight is 353 g/mol. The molecule has 0 heterocycles. The number of halogens is 7. The first kappa shape index (κ1) is 18.0. The van der Waals surface area contributed by atoms with E-state index in [0.29, 0.717) is 0 Å². The highest BCUT2D eigenvalue weighted by atomic mass is 35.5. The summed E-state index contributed by atoms with van der Waals surface area (Å²) in [5.74, 6) is -1.79. The molecule has 0 N–H and O–H groups in total. The molecule has 118 valence electrons. The van der Waals surface area contributed by atoms with Crippen LogP contribution in [0.5, 0.6) is 5.75 Å². The molecular formula is C11H7ClF6O2S. The third-order valence-corrected chi connectivity index (χ3v) is 3.08. The minimum absolute atomic E-state index is 0.113. The molecule has 0 atom stereocenters. The predicted molar refractivity (Wildman–Crippen MR) is 64.5 cm³/mol. The van der Waals surface area contributed by atoms with Gasteiger partial charge in [0.15, 0.2) is 5.78 Å². The lowest BCUT2D eigenvalue weighted by Crippen LogP contribution is -2.18. The third kappa shape index (κ3) is 6.94. The van der Waals surface area contributed by atoms with E-state index in [1.165, 1.54) is 0 Å². The Morgan fingerprint density at radius 3 is 2.29 bits per heavy atom. The molecule has 0 aliphatic carbocycles. The SMILES string of the molecule is O=C(CCl)Cc1ccc(OC(F)(F)F)c(SC(F)(F)F)c1. The second-order valence-electron chi connectivity index (χ2n) is 3.73. The minimum Gasteiger partial charge on any atom is -0.405 e. The lowest BCUT2D eigenvalue weighted by molar-refractivity contribution is -0.275. The standard InChI is InChI=1S/C11H7ClF6O2S/c12-5-7(19)3-6-1-2-8(20-10(13,14)15)9(4-6)21-11(16,17)18/h1-2,4H,3,5H2. The van der Waals surface area contributed by atoms with E-state index in [9.17, 15) is 31.1 Å². The van der Waals surface area contributed by atoms with Crippen LogP contribution in [0.4, 0.5) is 26.3 Å². The summed E-state index contributed by atoms with van der Waals surface area (Å²) in [5, 5.41) is 0. The van der Waals surface area contributed by atoms with Crippen LogP contribution >= 0.6 is 23.4 Å². The van der Waals surface area contributed by atoms with E-state index in [1.807, 2.05) is 0 Å². The maximum Gasteiger partial charge on any atom is 0.573 e. The van der Waals surface area contributed by atoms with E-state index in [2.05, 4.69) is 4.74 Å². The molecule has 0 aliphatic rings. The summed E-state index contributed by atoms with van der Waals surface area (Å²) in [7, 11) is 0. The monoisotopic (exact) mass is 352 g/mol. The summed E-state index contributed by atoms with van der Waals surface area (Å²) in [6, 6.07) is 2.63. The predicted octanol–water partition coefficient (Wildman–Crippen LogP) is 4.55. The van der Waals surface area contributed by atoms with Crippen molar-refractivity contribution in [3.8, 4) is 5.75 Å². The number of benzene rings is 1. The van der Waals surface area contributed by atoms with Crippen molar-refractivity contribution in [2.45, 2.75) is 23.2 Å². The second-order valence-corrected chi connectivity index (χ2v) is 5.10. The van der Waals surface area contributed by atoms with E-state index < -0.39 is 40.1 Å². The molecule has 0 unspecified atom stereocenters. The number of carbonyl (C=O) groups excluding carboxylic acids is 1. The van der Waals surface area contributed by atoms with Crippen LogP contribution in [0.2, 0.25) is 0 Å². The van der Waals surface area contributed by atoms with Gasteiger partial charge in [0.2, 0.25) is 0 Å². The van der Waals surface area contributed by atoms with Gasteiger partial charge < -0.3 is 4.74 Å². The zero-order valence-electron chi connectivity index (χ0n) is 10.0. The summed E-state index contributed by atoms with van der Waals surface area (Å²) in [4.78, 5) is 10.3. The van der Waals surface area contributed by atoms with Gasteiger partial charge in [0.1, 0.15) is 5.75 Å². The summed E-state index contributed by atoms with van der Waals surface area (Å²) >= 11 is 4.51. The molecule has 0 amide bonds. The first-order valence-corrected chi connectivity index (χ1v) is 6.57. The summed E-state index contributed by atoms with van der Waals surface area (Å²) in [5.41, 5.74) is -4.68. The highest BCUT2D eigenvalue weighted by Gasteiger charge is 2.35. The van der Waals surface area contributed by atoms with Crippen LogP contribution in [0.15, 0.2) is 23.1 Å². The first-order chi connectivity index (χ1) is 9.50. The van der Waals surface area contributed by atoms with Crippen molar-refractivity contribution < 1.29 is 35.9 Å². The molecule has 0 aromatic heterocycles. The fraction of sp³-hybridized carbons (Fsp3) is 0.364. The van der Waals surface area contributed by atoms with E-state index in [0.717, 1.165) is 18.2 Å². The number of ketones is 1. The molecular weight excluding hydrogens is 346 g/mol. The zero-order chi connectivity index (χ0) is 16.3. The lowest BCUT2D eigenvalue weighted by Gasteiger charge is -2.15. The number of rotatable bonds is 5. The molecule has 1 rings (SSSR count). The zero-order valence-corrected chi connectivity index (χ0v) is 11.6. The van der Waals surface area contributed by atoms with Crippen molar-refractivity contribution in [2.75, 3.05) is 5.88 Å². The van der Waals surface area contributed by atoms with Crippen molar-refractivity contribution in [3.05, 3.63) is 23.8 Å². The number of ether oxygens (including phenoxy) is 1. The maximum atomic E-state index is 12.4. The molecule has 1 aromatic rings. The second kappa shape index (κ2) is 6.78. The molecule has 0 fully saturated rings. The van der Waals surface area contributed by atoms with Gasteiger partial charge in [-0.15, -0.1) is 24.8 Å². The van der Waals surface area contributed by atoms with Crippen molar-refractivity contribution in [2.24, 2.45) is 0 Å². The normalized spacial score (nSPS) is 12.3. The Morgan fingerprint density at radius 1 is 1.19 bits per heavy atom. The molecule has 0 saturated heterocycles. The molecule has 0 aliphatic heterocycles. The van der Waals surface area contributed by atoms with Crippen LogP contribution in [0.3, 0.4) is 0 Å². The van der Waals surface area contributed by atoms with Gasteiger partial charge in [0.25, 0.3) is 0 Å². The first-order valence-electron chi connectivity index (χ1n) is 5.22. The van der Waals surface area contributed by atoms with Crippen LogP contribution in [-0.4, -0.2) is 23.5 Å². The molecule has 10 heteroatoms. The highest BCUT2D eigenvalue weighted by Crippen LogP contribution is 2.43. The Bertz CT molecular complexity index is 514. The van der Waals surface area contributed by atoms with Crippen LogP contribution < -0.4 is 4.74 Å². The number of carbonyl (C=O) groups is 1. The Kier molecular flexibility index (Phi) is 5.80. The molecule has 0 saturated carbocycles. The van der Waals surface area contributed by atoms with Gasteiger partial charge in [0, 0.05) is 6.42 Å². The number of hydrogen-bond acceptors (Lipinski definition) is 3. The molecule has 1 aromatic carbocycles. The van der Waals surface area contributed by atoms with E-state index in [-0.39, 0.29) is 17.9 Å². The molecule has 0 spiro atoms. The van der Waals surface area contributed by atoms with Crippen molar-refractivity contribution >= 4 is 29.1 Å². The Hall–Kier alpha value is -1.09. The van der Waals surface area contributed by atoms with Gasteiger partial charge in [0.05, 0.1) is 10.8 Å². The molecule has 0 radical (unpaired) electrons. The van der Waals surface area contributed by atoms with Gasteiger partial charge in [-0.1, -0.05) is 6.07 Å². The Morgan fingerprint density at radius 2 is 1.81 bits per heavy atom. The van der Waals surface area contributed by atoms with Gasteiger partial charge in [-0.05, 0) is 29.5 Å². The largest absolute Gasteiger partial charge is 0.573 e. The fourth-order valence-corrected chi connectivity index (χ4v) is 2.12. The smallest absolute Gasteiger partial charge is 0.405 e. The fourth-order valence-electron chi connectivity index (χ4n) is 1.35. The quantitative estimate of drug-likeness (QED) is 0.442. The number of Topliss-reactive ketones (excluding diaryl/α,β-unsaturated/α-hetero) is 1. The highest BCUT2D eigenvalue weighted by molar-refractivity contribution is 8.00. The van der Waals surface area contributed by atoms with E-state index in [1.54, 1.807) is 0 Å². The Balaban J connectivity index is 3.10. The maximum absolute atomic E-state index is 12.4. The number of alkyl halides is 7. The third-order valence-electron chi connectivity index (χ3n) is 2.01. The van der Waals surface area contributed by atoms with Crippen molar-refractivity contribution in [1.82, 2.24) is 0 Å². The van der Waals surface area contributed by atoms with Gasteiger partial charge in [-0.2, -0.15) is 13.2 Å². The molecule has 21 heavy (non-hydrogen) atoms. The van der Waals surface area contributed by atoms with Gasteiger partial charge in [-0.3, -0.25) is 4.79 Å². The van der Waals surface area contributed by atoms with Crippen molar-refractivity contribution in [1.29, 1.82) is 0 Å². The van der Waals surface area contributed by atoms with E-state index in [4.69, 9.17) is 11.6 Å². The summed E-state index contributed by atoms with van der Waals surface area (Å²) in [6.45, 7) is 0. The minimum atomic E-state index is -5.12. The Labute approximate surface area is 124 Å². The lowest BCUT2D eigenvalue weighted by atomic mass is 10.1. The molecule has 2 nitrogen and oxygen atoms in total. The van der Waals surface area contributed by atoms with E-state index >= 15 is 0 Å². The van der Waals surface area contributed by atoms with Crippen LogP contribution in [0.25, 0.3) is 0 Å². The van der Waals surface area contributed by atoms with Crippen LogP contribution in [-0.2, 0) is 11.2 Å². The van der Waals surface area contributed by atoms with Crippen LogP contribution in [0, 0.1) is 0 Å². The van der Waals surface area contributed by atoms with Crippen molar-refractivity contribution in [3.63, 3.8) is 0 Å². The number of thioether (sulfide) groups is 1. The van der Waals surface area contributed by atoms with Gasteiger partial charge in [-0.25, -0.2) is 0 Å². The van der Waals surface area contributed by atoms with Gasteiger partial charge >= 0.3 is 11.9 Å². The summed E-state index contributed by atoms with van der Waals surface area (Å²) < 4.78 is 77.0. The summed E-state index contributed by atoms with van der Waals surface area (Å²) in [6.07, 6.45) is -5.39. The average Bonchev–Trinajstić information content (AvgIpc) is 2.28. The number of hydrogen-bond donors (Lipinski definition) is 0. The molecule has 0 bridgehead atoms.